The molecule has 0 aromatic carbocycles. The number of rotatable bonds is 12. The maximum absolute atomic E-state index is 9.80. The zero-order valence-electron chi connectivity index (χ0n) is 23.8. The zero-order chi connectivity index (χ0) is 26.6. The second kappa shape index (κ2) is 26.7. The van der Waals surface area contributed by atoms with Gasteiger partial charge in [-0.05, 0) is 24.7 Å². The summed E-state index contributed by atoms with van der Waals surface area (Å²) in [6.45, 7) is 28.5. The van der Waals surface area contributed by atoms with Gasteiger partial charge in [0.15, 0.2) is 0 Å². The predicted octanol–water partition coefficient (Wildman–Crippen LogP) is 5.73. The first-order valence-electron chi connectivity index (χ1n) is 12.1. The summed E-state index contributed by atoms with van der Waals surface area (Å²) in [6.07, 6.45) is 1.16. The van der Waals surface area contributed by atoms with Crippen molar-refractivity contribution < 1.29 is 39.6 Å². The number of aliphatic hydroxyl groups excluding tert-OH is 3. The van der Waals surface area contributed by atoms with Gasteiger partial charge < -0.3 is 30.7 Å². The van der Waals surface area contributed by atoms with E-state index in [0.717, 1.165) is 20.0 Å². The molecule has 0 aromatic rings. The van der Waals surface area contributed by atoms with Crippen molar-refractivity contribution >= 4 is 6.79 Å². The molecule has 33 heavy (non-hydrogen) atoms. The number of carbonyl (C=O) groups excluding carboxylic acids is 1. The van der Waals surface area contributed by atoms with Crippen LogP contribution in [0.3, 0.4) is 0 Å². The summed E-state index contributed by atoms with van der Waals surface area (Å²) >= 11 is 0. The fourth-order valence-electron chi connectivity index (χ4n) is 2.82. The molecule has 203 valence electrons. The van der Waals surface area contributed by atoms with E-state index >= 15 is 0 Å². The van der Waals surface area contributed by atoms with Gasteiger partial charge in [0.05, 0.1) is 12.2 Å². The van der Waals surface area contributed by atoms with Crippen LogP contribution in [0.15, 0.2) is 0 Å². The second-order valence-corrected chi connectivity index (χ2v) is 10.2. The van der Waals surface area contributed by atoms with Crippen LogP contribution in [-0.4, -0.2) is 65.6 Å². The van der Waals surface area contributed by atoms with Crippen molar-refractivity contribution in [1.29, 1.82) is 0 Å². The molecule has 0 saturated heterocycles. The number of nitrogens with zero attached hydrogens (tertiary/aromatic N) is 2. The average molecular weight is 563 g/mol. The van der Waals surface area contributed by atoms with Crippen molar-refractivity contribution in [3.63, 3.8) is 0 Å². The van der Waals surface area contributed by atoms with Crippen LogP contribution in [-0.2, 0) is 24.3 Å². The van der Waals surface area contributed by atoms with E-state index in [-0.39, 0.29) is 31.7 Å². The maximum atomic E-state index is 9.80. The first-order valence-corrected chi connectivity index (χ1v) is 12.1. The van der Waals surface area contributed by atoms with Crippen LogP contribution >= 0.6 is 0 Å². The van der Waals surface area contributed by atoms with Crippen molar-refractivity contribution in [2.24, 2.45) is 23.7 Å². The van der Waals surface area contributed by atoms with Gasteiger partial charge in [-0.25, -0.2) is 0 Å². The van der Waals surface area contributed by atoms with E-state index in [0.29, 0.717) is 47.8 Å². The Morgan fingerprint density at radius 2 is 0.758 bits per heavy atom. The van der Waals surface area contributed by atoms with E-state index in [1.807, 2.05) is 0 Å². The van der Waals surface area contributed by atoms with Gasteiger partial charge in [0, 0.05) is 7.11 Å². The van der Waals surface area contributed by atoms with Gasteiger partial charge in [-0.2, -0.15) is 0 Å². The summed E-state index contributed by atoms with van der Waals surface area (Å²) in [5.74, 6) is 1.70. The Hall–Kier alpha value is 0.0934. The quantitative estimate of drug-likeness (QED) is 0.160. The zero-order valence-corrected chi connectivity index (χ0v) is 25.5. The van der Waals surface area contributed by atoms with Gasteiger partial charge in [-0.3, -0.25) is 6.79 Å². The van der Waals surface area contributed by atoms with E-state index in [9.17, 15) is 10.2 Å². The van der Waals surface area contributed by atoms with Crippen molar-refractivity contribution in [2.75, 3.05) is 7.11 Å². The summed E-state index contributed by atoms with van der Waals surface area (Å²) in [5.41, 5.74) is 0. The van der Waals surface area contributed by atoms with Crippen molar-refractivity contribution in [2.45, 2.75) is 132 Å². The van der Waals surface area contributed by atoms with Gasteiger partial charge in [0.2, 0.25) is 0 Å². The normalized spacial score (nSPS) is 14.5. The first-order chi connectivity index (χ1) is 14.7. The molecule has 0 amide bonds. The molecule has 0 bridgehead atoms. The maximum Gasteiger partial charge on any atom is 3.00 e. The molecule has 0 heterocycles. The molecule has 3 N–H and O–H groups in total. The third kappa shape index (κ3) is 28.2. The number of hydrogen-bond acceptors (Lipinski definition) is 4. The van der Waals surface area contributed by atoms with Crippen LogP contribution in [0.4, 0.5) is 0 Å². The topological polar surface area (TPSA) is 106 Å². The summed E-state index contributed by atoms with van der Waals surface area (Å²) in [7, 11) is 1.00. The molecular weight excluding hydrogens is 505 g/mol. The van der Waals surface area contributed by atoms with E-state index < -0.39 is 0 Å². The van der Waals surface area contributed by atoms with Gasteiger partial charge >= 0.3 is 19.5 Å². The van der Waals surface area contributed by atoms with Crippen molar-refractivity contribution in [3.05, 3.63) is 10.6 Å². The van der Waals surface area contributed by atoms with E-state index in [1.165, 1.54) is 0 Å². The van der Waals surface area contributed by atoms with Crippen LogP contribution < -0.4 is 0 Å². The average Bonchev–Trinajstić information content (AvgIpc) is 2.69. The van der Waals surface area contributed by atoms with Crippen molar-refractivity contribution in [3.8, 4) is 0 Å². The molecule has 4 unspecified atom stereocenters. The molecule has 0 fully saturated rings. The molecule has 6 nitrogen and oxygen atoms in total. The van der Waals surface area contributed by atoms with Crippen LogP contribution in [0.25, 0.3) is 10.6 Å². The molecule has 0 saturated carbocycles. The van der Waals surface area contributed by atoms with E-state index in [1.54, 1.807) is 0 Å². The Kier molecular flexibility index (Phi) is 34.9. The molecular formula is C26H57N2O4Ru. The third-order valence-electron chi connectivity index (χ3n) is 5.02. The standard InChI is InChI=1S/2C12H26NO.CH4O.CHO.Ru/c2*1-8(2)11(13-10(5)6)7-12(14)9(3)4;2*1-2;/h2*8-12,14H,7H2,1-6H3;2H,1H3;1H;/q2*-1;;-1;+3. The molecule has 7 heteroatoms. The summed E-state index contributed by atoms with van der Waals surface area (Å²) in [6, 6.07) is 1.32. The molecule has 0 aromatic heterocycles. The second-order valence-electron chi connectivity index (χ2n) is 10.2. The minimum absolute atomic E-state index is 0. The Bertz CT molecular complexity index is 347. The first kappa shape index (κ1) is 43.2. The molecule has 0 spiro atoms. The minimum Gasteiger partial charge on any atom is -0.657 e. The third-order valence-corrected chi connectivity index (χ3v) is 5.02. The van der Waals surface area contributed by atoms with Gasteiger partial charge in [0.1, 0.15) is 0 Å². The number of hydrogen-bond donors (Lipinski definition) is 3. The van der Waals surface area contributed by atoms with E-state index in [4.69, 9.17) is 9.90 Å². The monoisotopic (exact) mass is 563 g/mol. The molecule has 4 atom stereocenters. The molecule has 0 aliphatic rings. The Labute approximate surface area is 219 Å². The Morgan fingerprint density at radius 3 is 0.879 bits per heavy atom. The van der Waals surface area contributed by atoms with Gasteiger partial charge in [0.25, 0.3) is 0 Å². The largest absolute Gasteiger partial charge is 3.00 e. The fourth-order valence-corrected chi connectivity index (χ4v) is 2.82. The summed E-state index contributed by atoms with van der Waals surface area (Å²) in [4.78, 5) is 7.75. The number of aliphatic hydroxyl groups is 3. The fraction of sp³-hybridized carbons (Fsp3) is 0.962. The van der Waals surface area contributed by atoms with Gasteiger partial charge in [-0.15, -0.1) is 24.2 Å². The summed E-state index contributed by atoms with van der Waals surface area (Å²) < 4.78 is 0. The van der Waals surface area contributed by atoms with Crippen LogP contribution in [0.1, 0.15) is 95.9 Å². The van der Waals surface area contributed by atoms with Crippen LogP contribution in [0.2, 0.25) is 0 Å². The molecule has 0 aliphatic heterocycles. The summed E-state index contributed by atoms with van der Waals surface area (Å²) in [5, 5.41) is 35.9. The van der Waals surface area contributed by atoms with E-state index in [2.05, 4.69) is 101 Å². The molecule has 1 radical (unpaired) electrons. The predicted molar refractivity (Wildman–Crippen MR) is 140 cm³/mol. The molecule has 0 aliphatic carbocycles. The van der Waals surface area contributed by atoms with Crippen LogP contribution in [0, 0.1) is 23.7 Å². The van der Waals surface area contributed by atoms with Crippen molar-refractivity contribution in [1.82, 2.24) is 0 Å². The Balaban J connectivity index is -0.000000134. The minimum atomic E-state index is -0.218. The molecule has 0 rings (SSSR count). The smallest absolute Gasteiger partial charge is 0.657 e. The Morgan fingerprint density at radius 1 is 0.545 bits per heavy atom. The van der Waals surface area contributed by atoms with Gasteiger partial charge in [-0.1, -0.05) is 94.9 Å². The SMILES string of the molecule is CC(C)[N-]C(CC(O)C(C)C)C(C)C.CC(C)[N-]C(CC(O)C(C)C)C(C)C.CO.[CH-]=O.[Ru+3]. The van der Waals surface area contributed by atoms with Crippen LogP contribution in [0.5, 0.6) is 0 Å².